The molecule has 0 bridgehead atoms. The van der Waals surface area contributed by atoms with Crippen LogP contribution in [0.25, 0.3) is 0 Å². The predicted octanol–water partition coefficient (Wildman–Crippen LogP) is 2.26. The van der Waals surface area contributed by atoms with Gasteiger partial charge in [-0.05, 0) is 18.8 Å². The van der Waals surface area contributed by atoms with Gasteiger partial charge in [-0.3, -0.25) is 4.79 Å². The van der Waals surface area contributed by atoms with Gasteiger partial charge in [-0.1, -0.05) is 36.4 Å². The van der Waals surface area contributed by atoms with Crippen molar-refractivity contribution in [1.29, 1.82) is 0 Å². The van der Waals surface area contributed by atoms with Crippen molar-refractivity contribution in [3.63, 3.8) is 0 Å². The summed E-state index contributed by atoms with van der Waals surface area (Å²) < 4.78 is 6.24. The molecule has 4 atom stereocenters. The molecule has 70 valence electrons. The number of halogens is 1. The van der Waals surface area contributed by atoms with Gasteiger partial charge in [0.15, 0.2) is 0 Å². The summed E-state index contributed by atoms with van der Waals surface area (Å²) in [5, 5.41) is 0. The van der Waals surface area contributed by atoms with Crippen LogP contribution >= 0.6 is 22.6 Å². The maximum absolute atomic E-state index is 11.3. The van der Waals surface area contributed by atoms with E-state index >= 15 is 0 Å². The molecule has 2 nitrogen and oxygen atoms in total. The van der Waals surface area contributed by atoms with Crippen LogP contribution in [-0.2, 0) is 9.53 Å². The van der Waals surface area contributed by atoms with Crippen molar-refractivity contribution < 1.29 is 9.53 Å². The molecule has 0 spiro atoms. The molecule has 1 aliphatic rings. The molecule has 0 N–H and O–H groups in total. The Kier molecular flexibility index (Phi) is 3.37. The summed E-state index contributed by atoms with van der Waals surface area (Å²) in [5.74, 6) is 1.03. The summed E-state index contributed by atoms with van der Waals surface area (Å²) >= 11 is 2.35. The molecule has 0 aromatic carbocycles. The maximum atomic E-state index is 11.3. The second-order valence-corrected chi connectivity index (χ2v) is 4.49. The zero-order chi connectivity index (χ0) is 9.30. The highest BCUT2D eigenvalue weighted by Crippen LogP contribution is 2.32. The van der Waals surface area contributed by atoms with Crippen LogP contribution in [0.1, 0.15) is 20.8 Å². The number of cyclic esters (lactones) is 1. The minimum atomic E-state index is -0.0257. The van der Waals surface area contributed by atoms with Crippen LogP contribution in [0.5, 0.6) is 0 Å². The maximum Gasteiger partial charge on any atom is 0.309 e. The second-order valence-electron chi connectivity index (χ2n) is 3.61. The van der Waals surface area contributed by atoms with Crippen molar-refractivity contribution in [3.8, 4) is 0 Å². The number of hydrogen-bond acceptors (Lipinski definition) is 2. The first-order valence-corrected chi connectivity index (χ1v) is 5.87. The fourth-order valence-electron chi connectivity index (χ4n) is 1.65. The molecule has 1 heterocycles. The van der Waals surface area contributed by atoms with Gasteiger partial charge in [0.1, 0.15) is 6.10 Å². The smallest absolute Gasteiger partial charge is 0.309 e. The highest BCUT2D eigenvalue weighted by atomic mass is 127. The number of hydrogen-bond donors (Lipinski definition) is 0. The van der Waals surface area contributed by atoms with Gasteiger partial charge in [-0.15, -0.1) is 0 Å². The lowest BCUT2D eigenvalue weighted by Crippen LogP contribution is -2.42. The van der Waals surface area contributed by atoms with Gasteiger partial charge in [-0.25, -0.2) is 0 Å². The van der Waals surface area contributed by atoms with Gasteiger partial charge in [0.2, 0.25) is 0 Å². The van der Waals surface area contributed by atoms with Crippen molar-refractivity contribution >= 4 is 28.6 Å². The fraction of sp³-hybridized carbons (Fsp3) is 0.889. The third kappa shape index (κ3) is 1.75. The van der Waals surface area contributed by atoms with E-state index in [0.29, 0.717) is 11.8 Å². The molecule has 1 rings (SSSR count). The predicted molar refractivity (Wildman–Crippen MR) is 56.3 cm³/mol. The van der Waals surface area contributed by atoms with Crippen molar-refractivity contribution in [2.24, 2.45) is 17.8 Å². The minimum Gasteiger partial charge on any atom is -0.462 e. The summed E-state index contributed by atoms with van der Waals surface area (Å²) in [6.45, 7) is 6.11. The van der Waals surface area contributed by atoms with E-state index in [1.165, 1.54) is 0 Å². The monoisotopic (exact) mass is 282 g/mol. The molecule has 1 saturated heterocycles. The first-order valence-electron chi connectivity index (χ1n) is 4.34. The van der Waals surface area contributed by atoms with Crippen LogP contribution in [0.15, 0.2) is 0 Å². The molecular formula is C9H15IO2. The Morgan fingerprint density at radius 2 is 2.00 bits per heavy atom. The number of carbonyl (C=O) groups excluding carboxylic acids is 1. The summed E-state index contributed by atoms with van der Waals surface area (Å²) in [6, 6.07) is 0. The second kappa shape index (κ2) is 3.94. The Morgan fingerprint density at radius 3 is 2.50 bits per heavy atom. The van der Waals surface area contributed by atoms with Crippen LogP contribution in [0.2, 0.25) is 0 Å². The molecule has 12 heavy (non-hydrogen) atoms. The van der Waals surface area contributed by atoms with E-state index in [2.05, 4.69) is 29.5 Å². The molecule has 1 fully saturated rings. The molecule has 0 aromatic rings. The Labute approximate surface area is 87.2 Å². The molecule has 0 saturated carbocycles. The molecule has 0 aliphatic carbocycles. The average Bonchev–Trinajstić information content (AvgIpc) is 2.02. The molecule has 0 radical (unpaired) electrons. The van der Waals surface area contributed by atoms with E-state index in [1.807, 2.05) is 13.8 Å². The van der Waals surface area contributed by atoms with Gasteiger partial charge in [0.05, 0.1) is 5.92 Å². The highest BCUT2D eigenvalue weighted by Gasteiger charge is 2.38. The molecule has 1 aliphatic heterocycles. The van der Waals surface area contributed by atoms with Crippen molar-refractivity contribution in [2.45, 2.75) is 26.9 Å². The van der Waals surface area contributed by atoms with E-state index in [1.54, 1.807) is 0 Å². The molecule has 0 amide bonds. The topological polar surface area (TPSA) is 26.3 Å². The van der Waals surface area contributed by atoms with Crippen LogP contribution in [0.3, 0.4) is 0 Å². The Morgan fingerprint density at radius 1 is 1.42 bits per heavy atom. The minimum absolute atomic E-state index is 0.0257. The molecule has 3 heteroatoms. The largest absolute Gasteiger partial charge is 0.462 e. The van der Waals surface area contributed by atoms with E-state index in [-0.39, 0.29) is 18.0 Å². The zero-order valence-electron chi connectivity index (χ0n) is 7.71. The standard InChI is InChI=1S/C9H15IO2/c1-5-7(3)12-9(11)6(2)8(5)4-10/h5-8H,4H2,1-3H3/t5-,6+,7-,8-/m1/s1. The fourth-order valence-corrected chi connectivity index (χ4v) is 3.22. The molecule has 0 aromatic heterocycles. The normalized spacial score (nSPS) is 42.5. The highest BCUT2D eigenvalue weighted by molar-refractivity contribution is 14.1. The third-order valence-electron chi connectivity index (χ3n) is 2.91. The molecule has 0 unspecified atom stereocenters. The van der Waals surface area contributed by atoms with Gasteiger partial charge in [-0.2, -0.15) is 0 Å². The van der Waals surface area contributed by atoms with Gasteiger partial charge in [0, 0.05) is 4.43 Å². The first kappa shape index (κ1) is 10.3. The van der Waals surface area contributed by atoms with Crippen molar-refractivity contribution in [3.05, 3.63) is 0 Å². The average molecular weight is 282 g/mol. The van der Waals surface area contributed by atoms with E-state index in [4.69, 9.17) is 4.74 Å². The summed E-state index contributed by atoms with van der Waals surface area (Å²) in [4.78, 5) is 11.3. The van der Waals surface area contributed by atoms with Crippen molar-refractivity contribution in [1.82, 2.24) is 0 Å². The number of carbonyl (C=O) groups is 1. The SMILES string of the molecule is C[C@H]1[C@@H](CI)[C@H](C)C(=O)O[C@@H]1C. The number of rotatable bonds is 1. The van der Waals surface area contributed by atoms with Crippen LogP contribution in [0.4, 0.5) is 0 Å². The quantitative estimate of drug-likeness (QED) is 0.419. The first-order chi connectivity index (χ1) is 5.57. The van der Waals surface area contributed by atoms with Gasteiger partial charge < -0.3 is 4.74 Å². The number of ether oxygens (including phenoxy) is 1. The number of alkyl halides is 1. The van der Waals surface area contributed by atoms with E-state index in [9.17, 15) is 4.79 Å². The van der Waals surface area contributed by atoms with Crippen LogP contribution in [0, 0.1) is 17.8 Å². The summed E-state index contributed by atoms with van der Waals surface area (Å²) in [6.07, 6.45) is 0.0912. The Hall–Kier alpha value is 0.200. The third-order valence-corrected chi connectivity index (χ3v) is 3.93. The van der Waals surface area contributed by atoms with Crippen LogP contribution in [-0.4, -0.2) is 16.5 Å². The van der Waals surface area contributed by atoms with Crippen LogP contribution < -0.4 is 0 Å². The molecular weight excluding hydrogens is 267 g/mol. The van der Waals surface area contributed by atoms with Crippen molar-refractivity contribution in [2.75, 3.05) is 4.43 Å². The number of esters is 1. The van der Waals surface area contributed by atoms with E-state index < -0.39 is 0 Å². The van der Waals surface area contributed by atoms with E-state index in [0.717, 1.165) is 4.43 Å². The zero-order valence-corrected chi connectivity index (χ0v) is 9.87. The Bertz CT molecular complexity index is 181. The summed E-state index contributed by atoms with van der Waals surface area (Å²) in [7, 11) is 0. The lowest BCUT2D eigenvalue weighted by atomic mass is 9.80. The lowest BCUT2D eigenvalue weighted by molar-refractivity contribution is -0.167. The lowest BCUT2D eigenvalue weighted by Gasteiger charge is -2.36. The summed E-state index contributed by atoms with van der Waals surface area (Å²) in [5.41, 5.74) is 0. The Balaban J connectivity index is 2.73. The van der Waals surface area contributed by atoms with Gasteiger partial charge in [0.25, 0.3) is 0 Å². The van der Waals surface area contributed by atoms with Gasteiger partial charge >= 0.3 is 5.97 Å².